The summed E-state index contributed by atoms with van der Waals surface area (Å²) < 4.78 is 0. The zero-order chi connectivity index (χ0) is 20.5. The van der Waals surface area contributed by atoms with Crippen LogP contribution in [-0.4, -0.2) is 21.5 Å². The number of rotatable bonds is 5. The van der Waals surface area contributed by atoms with Crippen molar-refractivity contribution in [2.75, 3.05) is 11.1 Å². The topological polar surface area (TPSA) is 74.8 Å². The van der Waals surface area contributed by atoms with E-state index in [1.807, 2.05) is 18.2 Å². The molecule has 2 aromatic rings. The van der Waals surface area contributed by atoms with Gasteiger partial charge in [0.2, 0.25) is 0 Å². The fourth-order valence-corrected chi connectivity index (χ4v) is 5.27. The molecule has 1 aromatic heterocycles. The molecule has 0 fully saturated rings. The predicted molar refractivity (Wildman–Crippen MR) is 118 cm³/mol. The maximum absolute atomic E-state index is 13.1. The van der Waals surface area contributed by atoms with Crippen LogP contribution in [0, 0.1) is 5.92 Å². The average Bonchev–Trinajstić information content (AvgIpc) is 2.67. The molecule has 29 heavy (non-hydrogen) atoms. The van der Waals surface area contributed by atoms with E-state index < -0.39 is 5.92 Å². The van der Waals surface area contributed by atoms with Gasteiger partial charge in [0.15, 0.2) is 10.9 Å². The van der Waals surface area contributed by atoms with Crippen LogP contribution in [0.2, 0.25) is 5.02 Å². The van der Waals surface area contributed by atoms with E-state index in [1.165, 1.54) is 0 Å². The smallest absolute Gasteiger partial charge is 0.257 e. The molecule has 2 aliphatic rings. The minimum absolute atomic E-state index is 0.0732. The minimum Gasteiger partial charge on any atom is -0.343 e. The number of halogens is 1. The number of nitrogens with zero attached hydrogens (tertiary/aromatic N) is 1. The molecule has 1 aliphatic heterocycles. The zero-order valence-corrected chi connectivity index (χ0v) is 18.1. The van der Waals surface area contributed by atoms with Gasteiger partial charge >= 0.3 is 0 Å². The number of allylic oxidation sites excluding steroid dienone is 2. The fraction of sp³-hybridized carbons (Fsp3) is 0.409. The number of nitrogens with one attached hydrogen (secondary N) is 2. The van der Waals surface area contributed by atoms with E-state index in [4.69, 9.17) is 16.6 Å². The van der Waals surface area contributed by atoms with Crippen molar-refractivity contribution in [2.24, 2.45) is 5.92 Å². The molecule has 0 spiro atoms. The second-order valence-corrected chi connectivity index (χ2v) is 9.40. The third kappa shape index (κ3) is 4.01. The molecule has 0 unspecified atom stereocenters. The molecular weight excluding hydrogens is 406 g/mol. The standard InChI is InChI=1S/C22H24ClN3O2S/c1-12(2)10-11-29-22-25-20-19(21(28)26-22)17(13-6-3-4-7-14(13)23)18-15(24-20)8-5-9-16(18)27/h3-4,6-7,12,17H,5,8-11H2,1-2H3,(H2,24,25,26,28)/t17-/m0/s1. The van der Waals surface area contributed by atoms with Crippen LogP contribution in [0.4, 0.5) is 5.82 Å². The molecule has 7 heteroatoms. The van der Waals surface area contributed by atoms with E-state index >= 15 is 0 Å². The van der Waals surface area contributed by atoms with Crippen molar-refractivity contribution < 1.29 is 4.79 Å². The van der Waals surface area contributed by atoms with Gasteiger partial charge in [0, 0.05) is 34.4 Å². The van der Waals surface area contributed by atoms with Crippen molar-refractivity contribution >= 4 is 35.0 Å². The summed E-state index contributed by atoms with van der Waals surface area (Å²) in [6, 6.07) is 7.42. The molecule has 0 saturated carbocycles. The number of hydrogen-bond acceptors (Lipinski definition) is 5. The Balaban J connectivity index is 1.82. The number of aromatic nitrogens is 2. The molecule has 0 radical (unpaired) electrons. The van der Waals surface area contributed by atoms with Gasteiger partial charge in [-0.3, -0.25) is 9.59 Å². The summed E-state index contributed by atoms with van der Waals surface area (Å²) in [6.45, 7) is 4.35. The second-order valence-electron chi connectivity index (χ2n) is 7.91. The van der Waals surface area contributed by atoms with E-state index in [-0.39, 0.29) is 11.3 Å². The van der Waals surface area contributed by atoms with Crippen LogP contribution >= 0.6 is 23.4 Å². The van der Waals surface area contributed by atoms with Gasteiger partial charge in [0.05, 0.1) is 5.56 Å². The first-order valence-electron chi connectivity index (χ1n) is 10.0. The number of Topliss-reactive ketones (excluding diaryl/α,β-unsaturated/α-hetero) is 1. The monoisotopic (exact) mass is 429 g/mol. The summed E-state index contributed by atoms with van der Waals surface area (Å²) in [5, 5.41) is 4.45. The minimum atomic E-state index is -0.492. The van der Waals surface area contributed by atoms with Gasteiger partial charge in [0.25, 0.3) is 5.56 Å². The number of ketones is 1. The molecule has 0 bridgehead atoms. The molecule has 152 valence electrons. The van der Waals surface area contributed by atoms with E-state index in [1.54, 1.807) is 17.8 Å². The Morgan fingerprint density at radius 1 is 1.24 bits per heavy atom. The normalized spacial score (nSPS) is 18.5. The molecule has 1 aliphatic carbocycles. The van der Waals surface area contributed by atoms with Gasteiger partial charge < -0.3 is 10.3 Å². The van der Waals surface area contributed by atoms with Crippen LogP contribution in [0.25, 0.3) is 0 Å². The fourth-order valence-electron chi connectivity index (χ4n) is 3.92. The van der Waals surface area contributed by atoms with Crippen LogP contribution < -0.4 is 10.9 Å². The Bertz CT molecular complexity index is 1040. The Labute approximate surface area is 179 Å². The van der Waals surface area contributed by atoms with E-state index in [2.05, 4.69) is 24.1 Å². The van der Waals surface area contributed by atoms with Crippen molar-refractivity contribution in [2.45, 2.75) is 50.6 Å². The van der Waals surface area contributed by atoms with E-state index in [0.29, 0.717) is 39.5 Å². The number of carbonyl (C=O) groups is 1. The number of fused-ring (bicyclic) bond motifs is 1. The second kappa shape index (κ2) is 8.36. The van der Waals surface area contributed by atoms with E-state index in [9.17, 15) is 9.59 Å². The summed E-state index contributed by atoms with van der Waals surface area (Å²) in [7, 11) is 0. The summed E-state index contributed by atoms with van der Waals surface area (Å²) in [6.07, 6.45) is 3.11. The molecule has 5 nitrogen and oxygen atoms in total. The largest absolute Gasteiger partial charge is 0.343 e. The van der Waals surface area contributed by atoms with Crippen molar-refractivity contribution in [1.29, 1.82) is 0 Å². The average molecular weight is 430 g/mol. The highest BCUT2D eigenvalue weighted by atomic mass is 35.5. The Hall–Kier alpha value is -2.05. The summed E-state index contributed by atoms with van der Waals surface area (Å²) >= 11 is 8.04. The quantitative estimate of drug-likeness (QED) is 0.509. The molecule has 2 N–H and O–H groups in total. The molecule has 1 atom stereocenters. The maximum Gasteiger partial charge on any atom is 0.257 e. The predicted octanol–water partition coefficient (Wildman–Crippen LogP) is 5.13. The lowest BCUT2D eigenvalue weighted by Crippen LogP contribution is -2.32. The number of H-pyrrole nitrogens is 1. The van der Waals surface area contributed by atoms with Crippen LogP contribution in [0.3, 0.4) is 0 Å². The lowest BCUT2D eigenvalue weighted by atomic mass is 9.76. The summed E-state index contributed by atoms with van der Waals surface area (Å²) in [4.78, 5) is 33.6. The molecule has 1 aromatic carbocycles. The number of hydrogen-bond donors (Lipinski definition) is 2. The van der Waals surface area contributed by atoms with Crippen LogP contribution in [0.1, 0.15) is 56.6 Å². The van der Waals surface area contributed by atoms with Gasteiger partial charge in [-0.05, 0) is 36.8 Å². The first kappa shape index (κ1) is 20.2. The lowest BCUT2D eigenvalue weighted by molar-refractivity contribution is -0.116. The molecular formula is C22H24ClN3O2S. The van der Waals surface area contributed by atoms with Gasteiger partial charge in [-0.1, -0.05) is 55.4 Å². The first-order chi connectivity index (χ1) is 14.0. The first-order valence-corrected chi connectivity index (χ1v) is 11.4. The Morgan fingerprint density at radius 3 is 2.79 bits per heavy atom. The van der Waals surface area contributed by atoms with Crippen molar-refractivity contribution in [3.8, 4) is 0 Å². The lowest BCUT2D eigenvalue weighted by Gasteiger charge is -2.33. The van der Waals surface area contributed by atoms with Gasteiger partial charge in [-0.15, -0.1) is 0 Å². The third-order valence-corrected chi connectivity index (χ3v) is 6.64. The van der Waals surface area contributed by atoms with Gasteiger partial charge in [-0.2, -0.15) is 0 Å². The molecule has 0 amide bonds. The number of thioether (sulfide) groups is 1. The highest BCUT2D eigenvalue weighted by Crippen LogP contribution is 2.45. The Kier molecular flexibility index (Phi) is 5.83. The summed E-state index contributed by atoms with van der Waals surface area (Å²) in [5.74, 6) is 1.60. The SMILES string of the molecule is CC(C)CCSc1nc2c(c(=O)[nH]1)[C@@H](c1ccccc1Cl)C1=C(CCCC1=O)N2. The maximum atomic E-state index is 13.1. The molecule has 4 rings (SSSR count). The highest BCUT2D eigenvalue weighted by Gasteiger charge is 2.38. The van der Waals surface area contributed by atoms with Crippen LogP contribution in [-0.2, 0) is 4.79 Å². The van der Waals surface area contributed by atoms with E-state index in [0.717, 1.165) is 36.3 Å². The van der Waals surface area contributed by atoms with Gasteiger partial charge in [-0.25, -0.2) is 4.98 Å². The van der Waals surface area contributed by atoms with Crippen molar-refractivity contribution in [3.63, 3.8) is 0 Å². The number of carbonyl (C=O) groups excluding carboxylic acids is 1. The third-order valence-electron chi connectivity index (χ3n) is 5.39. The van der Waals surface area contributed by atoms with Crippen LogP contribution in [0.5, 0.6) is 0 Å². The van der Waals surface area contributed by atoms with Crippen molar-refractivity contribution in [3.05, 3.63) is 62.0 Å². The molecule has 2 heterocycles. The number of aromatic amines is 1. The zero-order valence-electron chi connectivity index (χ0n) is 16.5. The Morgan fingerprint density at radius 2 is 2.03 bits per heavy atom. The van der Waals surface area contributed by atoms with Crippen molar-refractivity contribution in [1.82, 2.24) is 9.97 Å². The van der Waals surface area contributed by atoms with Crippen LogP contribution in [0.15, 0.2) is 45.5 Å². The molecule has 0 saturated heterocycles. The highest BCUT2D eigenvalue weighted by molar-refractivity contribution is 7.99. The number of anilines is 1. The number of benzene rings is 1. The van der Waals surface area contributed by atoms with Gasteiger partial charge in [0.1, 0.15) is 5.82 Å². The summed E-state index contributed by atoms with van der Waals surface area (Å²) in [5.41, 5.74) is 2.55.